The zero-order chi connectivity index (χ0) is 12.9. The Labute approximate surface area is 109 Å². The van der Waals surface area contributed by atoms with E-state index in [0.29, 0.717) is 0 Å². The van der Waals surface area contributed by atoms with Gasteiger partial charge in [-0.3, -0.25) is 4.98 Å². The first-order valence-electron chi connectivity index (χ1n) is 5.79. The molecule has 0 aliphatic heterocycles. The molecular formula is C17H17N. The smallest absolute Gasteiger partial charge is 0.0267 e. The first-order valence-corrected chi connectivity index (χ1v) is 5.79. The molecule has 90 valence electrons. The summed E-state index contributed by atoms with van der Waals surface area (Å²) in [4.78, 5) is 3.78. The van der Waals surface area contributed by atoms with Crippen molar-refractivity contribution in [1.29, 1.82) is 0 Å². The van der Waals surface area contributed by atoms with E-state index in [9.17, 15) is 0 Å². The van der Waals surface area contributed by atoms with E-state index in [4.69, 9.17) is 0 Å². The number of rotatable bonds is 3. The predicted molar refractivity (Wildman–Crippen MR) is 79.1 cm³/mol. The van der Waals surface area contributed by atoms with Crippen molar-refractivity contribution in [2.45, 2.75) is 0 Å². The molecule has 0 fully saturated rings. The minimum atomic E-state index is 1.21. The van der Waals surface area contributed by atoms with Crippen LogP contribution in [0.4, 0.5) is 0 Å². The second-order valence-electron chi connectivity index (χ2n) is 3.41. The Hall–Kier alpha value is -2.41. The van der Waals surface area contributed by atoms with E-state index in [2.05, 4.69) is 29.8 Å². The van der Waals surface area contributed by atoms with Crippen LogP contribution in [-0.2, 0) is 0 Å². The average Bonchev–Trinajstić information content (AvgIpc) is 2.47. The van der Waals surface area contributed by atoms with Crippen LogP contribution in [0.1, 0.15) is 5.56 Å². The van der Waals surface area contributed by atoms with Crippen molar-refractivity contribution >= 4 is 6.08 Å². The summed E-state index contributed by atoms with van der Waals surface area (Å²) in [6, 6.07) is 15.9. The number of aromatic nitrogens is 1. The van der Waals surface area contributed by atoms with Gasteiger partial charge in [-0.2, -0.15) is 0 Å². The van der Waals surface area contributed by atoms with Crippen LogP contribution >= 0.6 is 0 Å². The fourth-order valence-corrected chi connectivity index (χ4v) is 1.19. The largest absolute Gasteiger partial charge is 0.265 e. The van der Waals surface area contributed by atoms with Crippen LogP contribution in [0, 0.1) is 0 Å². The molecule has 1 aromatic carbocycles. The molecule has 1 heterocycles. The summed E-state index contributed by atoms with van der Waals surface area (Å²) in [5.74, 6) is 0. The van der Waals surface area contributed by atoms with E-state index < -0.39 is 0 Å². The summed E-state index contributed by atoms with van der Waals surface area (Å²) >= 11 is 0. The fourth-order valence-electron chi connectivity index (χ4n) is 1.19. The lowest BCUT2D eigenvalue weighted by molar-refractivity contribution is 1.33. The minimum absolute atomic E-state index is 1.21. The molecule has 18 heavy (non-hydrogen) atoms. The monoisotopic (exact) mass is 235 g/mol. The number of nitrogens with zero attached hydrogens (tertiary/aromatic N) is 1. The molecule has 0 saturated heterocycles. The Bertz CT molecular complexity index is 443. The van der Waals surface area contributed by atoms with Crippen molar-refractivity contribution in [2.75, 3.05) is 0 Å². The summed E-state index contributed by atoms with van der Waals surface area (Å²) in [5.41, 5.74) is 1.21. The van der Waals surface area contributed by atoms with Gasteiger partial charge in [-0.1, -0.05) is 73.4 Å². The van der Waals surface area contributed by atoms with E-state index >= 15 is 0 Å². The molecule has 0 spiro atoms. The van der Waals surface area contributed by atoms with Crippen molar-refractivity contribution in [3.8, 4) is 0 Å². The first-order chi connectivity index (χ1) is 8.93. The van der Waals surface area contributed by atoms with Gasteiger partial charge in [0.2, 0.25) is 0 Å². The molecule has 2 rings (SSSR count). The fraction of sp³-hybridized carbons (Fsp3) is 0. The van der Waals surface area contributed by atoms with Gasteiger partial charge in [-0.05, 0) is 17.7 Å². The third-order valence-electron chi connectivity index (χ3n) is 2.01. The summed E-state index contributed by atoms with van der Waals surface area (Å²) in [6.07, 6.45) is 13.2. The highest BCUT2D eigenvalue weighted by atomic mass is 14.6. The van der Waals surface area contributed by atoms with Crippen molar-refractivity contribution in [3.05, 3.63) is 97.4 Å². The van der Waals surface area contributed by atoms with Gasteiger partial charge in [0.25, 0.3) is 0 Å². The predicted octanol–water partition coefficient (Wildman–Crippen LogP) is 4.52. The Kier molecular flexibility index (Phi) is 7.43. The van der Waals surface area contributed by atoms with Gasteiger partial charge in [-0.15, -0.1) is 0 Å². The van der Waals surface area contributed by atoms with Crippen molar-refractivity contribution < 1.29 is 0 Å². The average molecular weight is 235 g/mol. The third-order valence-corrected chi connectivity index (χ3v) is 2.01. The molecule has 0 aliphatic carbocycles. The summed E-state index contributed by atoms with van der Waals surface area (Å²) in [5, 5.41) is 0. The molecule has 0 amide bonds. The Balaban J connectivity index is 0.000000225. The van der Waals surface area contributed by atoms with Gasteiger partial charge >= 0.3 is 0 Å². The molecule has 0 unspecified atom stereocenters. The highest BCUT2D eigenvalue weighted by molar-refractivity contribution is 5.50. The van der Waals surface area contributed by atoms with Crippen molar-refractivity contribution in [1.82, 2.24) is 4.98 Å². The molecule has 1 heteroatoms. The highest BCUT2D eigenvalue weighted by Crippen LogP contribution is 2.00. The van der Waals surface area contributed by atoms with Crippen LogP contribution in [0.3, 0.4) is 0 Å². The highest BCUT2D eigenvalue weighted by Gasteiger charge is 1.78. The zero-order valence-electron chi connectivity index (χ0n) is 10.3. The molecule has 0 N–H and O–H groups in total. The molecule has 0 aliphatic rings. The van der Waals surface area contributed by atoms with Gasteiger partial charge in [0.05, 0.1) is 0 Å². The van der Waals surface area contributed by atoms with Gasteiger partial charge in [0, 0.05) is 12.4 Å². The van der Waals surface area contributed by atoms with Gasteiger partial charge in [0.1, 0.15) is 0 Å². The molecule has 0 bridgehead atoms. The van der Waals surface area contributed by atoms with Crippen molar-refractivity contribution in [2.24, 2.45) is 0 Å². The van der Waals surface area contributed by atoms with Crippen LogP contribution < -0.4 is 0 Å². The minimum Gasteiger partial charge on any atom is -0.265 e. The Morgan fingerprint density at radius 3 is 1.94 bits per heavy atom. The number of benzene rings is 1. The number of hydrogen-bond acceptors (Lipinski definition) is 1. The van der Waals surface area contributed by atoms with E-state index in [1.54, 1.807) is 18.5 Å². The zero-order valence-corrected chi connectivity index (χ0v) is 10.3. The molecule has 0 atom stereocenters. The van der Waals surface area contributed by atoms with E-state index in [1.165, 1.54) is 5.56 Å². The number of allylic oxidation sites excluding steroid dienone is 4. The lowest BCUT2D eigenvalue weighted by Gasteiger charge is -1.87. The maximum Gasteiger partial charge on any atom is 0.0267 e. The quantitative estimate of drug-likeness (QED) is 0.712. The molecule has 1 aromatic heterocycles. The standard InChI is InChI=1S/C12H12.C5H5N/c1-2-3-4-6-9-12-10-7-5-8-11-12;1-2-4-6-5-3-1/h2-11H,1H2;1-5H. The Morgan fingerprint density at radius 1 is 0.778 bits per heavy atom. The van der Waals surface area contributed by atoms with Crippen LogP contribution in [0.25, 0.3) is 6.08 Å². The summed E-state index contributed by atoms with van der Waals surface area (Å²) in [7, 11) is 0. The first kappa shape index (κ1) is 13.7. The second kappa shape index (κ2) is 9.79. The normalized spacial score (nSPS) is 10.0. The van der Waals surface area contributed by atoms with Gasteiger partial charge < -0.3 is 0 Å². The topological polar surface area (TPSA) is 12.9 Å². The van der Waals surface area contributed by atoms with Crippen molar-refractivity contribution in [3.63, 3.8) is 0 Å². The maximum absolute atomic E-state index is 3.78. The van der Waals surface area contributed by atoms with E-state index in [-0.39, 0.29) is 0 Å². The van der Waals surface area contributed by atoms with Crippen LogP contribution in [0.5, 0.6) is 0 Å². The molecule has 0 saturated carbocycles. The van der Waals surface area contributed by atoms with E-state index in [1.807, 2.05) is 54.6 Å². The summed E-state index contributed by atoms with van der Waals surface area (Å²) < 4.78 is 0. The molecule has 1 nitrogen and oxygen atoms in total. The Morgan fingerprint density at radius 2 is 1.44 bits per heavy atom. The third kappa shape index (κ3) is 6.96. The molecule has 0 radical (unpaired) electrons. The van der Waals surface area contributed by atoms with Crippen LogP contribution in [-0.4, -0.2) is 4.98 Å². The van der Waals surface area contributed by atoms with Crippen LogP contribution in [0.15, 0.2) is 91.8 Å². The van der Waals surface area contributed by atoms with Crippen LogP contribution in [0.2, 0.25) is 0 Å². The second-order valence-corrected chi connectivity index (χ2v) is 3.41. The SMILES string of the molecule is C=CC=CC=Cc1ccccc1.c1ccncc1. The lowest BCUT2D eigenvalue weighted by atomic mass is 10.2. The molecular weight excluding hydrogens is 218 g/mol. The number of pyridine rings is 1. The van der Waals surface area contributed by atoms with Gasteiger partial charge in [0.15, 0.2) is 0 Å². The molecule has 2 aromatic rings. The van der Waals surface area contributed by atoms with Gasteiger partial charge in [-0.25, -0.2) is 0 Å². The summed E-state index contributed by atoms with van der Waals surface area (Å²) in [6.45, 7) is 3.58. The number of hydrogen-bond donors (Lipinski definition) is 0. The maximum atomic E-state index is 3.78. The lowest BCUT2D eigenvalue weighted by Crippen LogP contribution is -1.66. The van der Waals surface area contributed by atoms with E-state index in [0.717, 1.165) is 0 Å².